The Morgan fingerprint density at radius 3 is 2.41 bits per heavy atom. The van der Waals surface area contributed by atoms with Crippen LogP contribution in [0.2, 0.25) is 0 Å². The molecule has 5 nitrogen and oxygen atoms in total. The Morgan fingerprint density at radius 1 is 1.35 bits per heavy atom. The number of carboxylic acids is 1. The van der Waals surface area contributed by atoms with Crippen LogP contribution < -0.4 is 11.1 Å². The molecule has 0 aliphatic rings. The van der Waals surface area contributed by atoms with E-state index < -0.39 is 17.9 Å². The molecule has 1 atom stereocenters. The van der Waals surface area contributed by atoms with Gasteiger partial charge in [0, 0.05) is 12.1 Å². The van der Waals surface area contributed by atoms with Crippen LogP contribution in [0.5, 0.6) is 0 Å². The number of anilines is 1. The second kappa shape index (κ2) is 5.89. The van der Waals surface area contributed by atoms with Gasteiger partial charge in [0.1, 0.15) is 6.04 Å². The molecule has 5 heteroatoms. The fraction of sp³-hybridized carbons (Fsp3) is 0.250. The first kappa shape index (κ1) is 13.0. The van der Waals surface area contributed by atoms with E-state index in [-0.39, 0.29) is 12.8 Å². The molecule has 1 radical (unpaired) electrons. The van der Waals surface area contributed by atoms with Gasteiger partial charge in [0.15, 0.2) is 0 Å². The molecule has 1 amide bonds. The van der Waals surface area contributed by atoms with E-state index in [1.165, 1.54) is 0 Å². The summed E-state index contributed by atoms with van der Waals surface area (Å²) in [6.45, 7) is 3.73. The van der Waals surface area contributed by atoms with E-state index >= 15 is 0 Å². The van der Waals surface area contributed by atoms with Crippen LogP contribution in [-0.2, 0) is 9.59 Å². The Balaban J connectivity index is 2.63. The molecule has 1 aromatic rings. The highest BCUT2D eigenvalue weighted by Crippen LogP contribution is 2.12. The Morgan fingerprint density at radius 2 is 1.94 bits per heavy atom. The van der Waals surface area contributed by atoms with Crippen LogP contribution in [0.3, 0.4) is 0 Å². The second-order valence-electron chi connectivity index (χ2n) is 3.74. The molecule has 0 saturated heterocycles. The summed E-state index contributed by atoms with van der Waals surface area (Å²) in [6.07, 6.45) is 0.203. The first-order chi connectivity index (χ1) is 7.99. The molecule has 0 spiro atoms. The largest absolute Gasteiger partial charge is 0.480 e. The van der Waals surface area contributed by atoms with Gasteiger partial charge >= 0.3 is 5.97 Å². The van der Waals surface area contributed by atoms with Gasteiger partial charge in [-0.1, -0.05) is 12.1 Å². The number of primary amides is 1. The van der Waals surface area contributed by atoms with Crippen molar-refractivity contribution in [1.29, 1.82) is 0 Å². The standard InChI is InChI=1S/C12H15N2O3/c1-8-2-4-9(5-3-8)14-10(12(16)17)6-7-11(13)15/h2-5,10,14H,1,6-7H2,(H2,13,15)(H,16,17)/t10-/m0/s1. The van der Waals surface area contributed by atoms with E-state index in [1.807, 2.05) is 0 Å². The van der Waals surface area contributed by atoms with Gasteiger partial charge in [-0.15, -0.1) is 0 Å². The van der Waals surface area contributed by atoms with Gasteiger partial charge in [-0.2, -0.15) is 0 Å². The number of benzene rings is 1. The fourth-order valence-corrected chi connectivity index (χ4v) is 1.35. The maximum absolute atomic E-state index is 11.0. The predicted octanol–water partition coefficient (Wildman–Crippen LogP) is 0.999. The zero-order valence-electron chi connectivity index (χ0n) is 9.35. The SMILES string of the molecule is [CH2]c1ccc(N[C@@H](CCC(N)=O)C(=O)O)cc1. The number of amides is 1. The molecule has 0 aromatic heterocycles. The number of nitrogens with one attached hydrogen (secondary N) is 1. The topological polar surface area (TPSA) is 92.4 Å². The summed E-state index contributed by atoms with van der Waals surface area (Å²) in [7, 11) is 0. The summed E-state index contributed by atoms with van der Waals surface area (Å²) in [5, 5.41) is 11.8. The molecule has 0 unspecified atom stereocenters. The molecule has 0 bridgehead atoms. The maximum Gasteiger partial charge on any atom is 0.326 e. The average Bonchev–Trinajstić information content (AvgIpc) is 2.26. The number of aliphatic carboxylic acids is 1. The van der Waals surface area contributed by atoms with Crippen LogP contribution in [0.1, 0.15) is 18.4 Å². The summed E-state index contributed by atoms with van der Waals surface area (Å²) in [5.41, 5.74) is 6.51. The minimum Gasteiger partial charge on any atom is -0.480 e. The molecule has 0 aliphatic carbocycles. The fourth-order valence-electron chi connectivity index (χ4n) is 1.35. The lowest BCUT2D eigenvalue weighted by Crippen LogP contribution is -2.30. The smallest absolute Gasteiger partial charge is 0.326 e. The summed E-state index contributed by atoms with van der Waals surface area (Å²) in [6, 6.07) is 6.20. The van der Waals surface area contributed by atoms with Gasteiger partial charge < -0.3 is 16.2 Å². The second-order valence-corrected chi connectivity index (χ2v) is 3.74. The molecule has 0 fully saturated rings. The van der Waals surface area contributed by atoms with E-state index in [0.29, 0.717) is 5.69 Å². The van der Waals surface area contributed by atoms with Crippen LogP contribution in [-0.4, -0.2) is 23.0 Å². The van der Waals surface area contributed by atoms with Crippen molar-refractivity contribution in [3.05, 3.63) is 36.8 Å². The third-order valence-electron chi connectivity index (χ3n) is 2.27. The van der Waals surface area contributed by atoms with Crippen LogP contribution >= 0.6 is 0 Å². The summed E-state index contributed by atoms with van der Waals surface area (Å²) in [5.74, 6) is -1.52. The highest BCUT2D eigenvalue weighted by molar-refractivity contribution is 5.79. The summed E-state index contributed by atoms with van der Waals surface area (Å²) < 4.78 is 0. The monoisotopic (exact) mass is 235 g/mol. The minimum atomic E-state index is -1.01. The van der Waals surface area contributed by atoms with Crippen molar-refractivity contribution >= 4 is 17.6 Å². The number of rotatable bonds is 6. The van der Waals surface area contributed by atoms with E-state index in [9.17, 15) is 9.59 Å². The van der Waals surface area contributed by atoms with Crippen molar-refractivity contribution in [2.24, 2.45) is 5.73 Å². The third kappa shape index (κ3) is 4.55. The molecule has 17 heavy (non-hydrogen) atoms. The quantitative estimate of drug-likeness (QED) is 0.685. The van der Waals surface area contributed by atoms with E-state index in [0.717, 1.165) is 5.56 Å². The van der Waals surface area contributed by atoms with Crippen molar-refractivity contribution < 1.29 is 14.7 Å². The molecule has 1 rings (SSSR count). The molecular weight excluding hydrogens is 220 g/mol. The highest BCUT2D eigenvalue weighted by Gasteiger charge is 2.17. The molecule has 4 N–H and O–H groups in total. The van der Waals surface area contributed by atoms with Gasteiger partial charge in [-0.05, 0) is 31.0 Å². The lowest BCUT2D eigenvalue weighted by molar-refractivity contribution is -0.138. The van der Waals surface area contributed by atoms with Gasteiger partial charge in [0.25, 0.3) is 0 Å². The summed E-state index contributed by atoms with van der Waals surface area (Å²) in [4.78, 5) is 21.6. The maximum atomic E-state index is 11.0. The van der Waals surface area contributed by atoms with Gasteiger partial charge in [-0.3, -0.25) is 4.79 Å². The lowest BCUT2D eigenvalue weighted by atomic mass is 10.1. The Bertz CT molecular complexity index is 401. The minimum absolute atomic E-state index is 0.0391. The van der Waals surface area contributed by atoms with Crippen LogP contribution in [0.4, 0.5) is 5.69 Å². The van der Waals surface area contributed by atoms with E-state index in [2.05, 4.69) is 12.2 Å². The van der Waals surface area contributed by atoms with Gasteiger partial charge in [0.2, 0.25) is 5.91 Å². The van der Waals surface area contributed by atoms with Crippen molar-refractivity contribution in [2.45, 2.75) is 18.9 Å². The molecule has 91 valence electrons. The normalized spacial score (nSPS) is 11.8. The van der Waals surface area contributed by atoms with Crippen LogP contribution in [0.15, 0.2) is 24.3 Å². The van der Waals surface area contributed by atoms with Crippen LogP contribution in [0.25, 0.3) is 0 Å². The average molecular weight is 235 g/mol. The van der Waals surface area contributed by atoms with Gasteiger partial charge in [0.05, 0.1) is 0 Å². The molecular formula is C12H15N2O3. The number of hydrogen-bond donors (Lipinski definition) is 3. The van der Waals surface area contributed by atoms with E-state index in [4.69, 9.17) is 10.8 Å². The van der Waals surface area contributed by atoms with Crippen molar-refractivity contribution in [3.8, 4) is 0 Å². The number of carboxylic acid groups (broad SMARTS) is 1. The highest BCUT2D eigenvalue weighted by atomic mass is 16.4. The van der Waals surface area contributed by atoms with Crippen molar-refractivity contribution in [3.63, 3.8) is 0 Å². The third-order valence-corrected chi connectivity index (χ3v) is 2.27. The number of nitrogens with two attached hydrogens (primary N) is 1. The first-order valence-electron chi connectivity index (χ1n) is 5.18. The van der Waals surface area contributed by atoms with Crippen LogP contribution in [0, 0.1) is 6.92 Å². The molecule has 1 aromatic carbocycles. The number of carbonyl (C=O) groups excluding carboxylic acids is 1. The predicted molar refractivity (Wildman–Crippen MR) is 64.4 cm³/mol. The zero-order chi connectivity index (χ0) is 12.8. The van der Waals surface area contributed by atoms with E-state index in [1.54, 1.807) is 24.3 Å². The van der Waals surface area contributed by atoms with Gasteiger partial charge in [-0.25, -0.2) is 4.79 Å². The number of carbonyl (C=O) groups is 2. The Labute approximate surface area is 99.6 Å². The molecule has 0 heterocycles. The lowest BCUT2D eigenvalue weighted by Gasteiger charge is -2.15. The molecule has 0 aliphatic heterocycles. The van der Waals surface area contributed by atoms with Crippen molar-refractivity contribution in [1.82, 2.24) is 0 Å². The molecule has 0 saturated carbocycles. The zero-order valence-corrected chi connectivity index (χ0v) is 9.35. The Hall–Kier alpha value is -2.04. The first-order valence-corrected chi connectivity index (χ1v) is 5.18. The Kier molecular flexibility index (Phi) is 4.51. The number of hydrogen-bond acceptors (Lipinski definition) is 3. The van der Waals surface area contributed by atoms with Crippen molar-refractivity contribution in [2.75, 3.05) is 5.32 Å². The summed E-state index contributed by atoms with van der Waals surface area (Å²) >= 11 is 0.